The molecule has 1 aromatic heterocycles. The molecule has 4 nitrogen and oxygen atoms in total. The maximum Gasteiger partial charge on any atom is 0.0964 e. The Bertz CT molecular complexity index is 244. The Morgan fingerprint density at radius 3 is 2.92 bits per heavy atom. The third-order valence-corrected chi connectivity index (χ3v) is 2.16. The summed E-state index contributed by atoms with van der Waals surface area (Å²) in [5, 5.41) is 11.4. The molecule has 0 radical (unpaired) electrons. The molecule has 74 valence electrons. The smallest absolute Gasteiger partial charge is 0.0964 e. The van der Waals surface area contributed by atoms with Crippen LogP contribution in [0.2, 0.25) is 0 Å². The van der Waals surface area contributed by atoms with Crippen LogP contribution in [0.15, 0.2) is 6.20 Å². The number of nitrogens with zero attached hydrogens (tertiary/aromatic N) is 3. The predicted molar refractivity (Wildman–Crippen MR) is 52.4 cm³/mol. The number of aromatic nitrogens is 3. The molecule has 0 spiro atoms. The summed E-state index contributed by atoms with van der Waals surface area (Å²) in [4.78, 5) is 0. The number of hydrogen-bond donors (Lipinski definition) is 1. The van der Waals surface area contributed by atoms with E-state index in [1.165, 1.54) is 0 Å². The summed E-state index contributed by atoms with van der Waals surface area (Å²) in [6.45, 7) is 8.16. The van der Waals surface area contributed by atoms with Gasteiger partial charge in [-0.15, -0.1) is 5.10 Å². The Kier molecular flexibility index (Phi) is 3.89. The molecule has 1 unspecified atom stereocenters. The molecule has 13 heavy (non-hydrogen) atoms. The lowest BCUT2D eigenvalue weighted by molar-refractivity contribution is 0.464. The number of nitrogens with one attached hydrogen (secondary N) is 1. The highest BCUT2D eigenvalue weighted by Gasteiger charge is 2.04. The zero-order chi connectivity index (χ0) is 9.68. The second kappa shape index (κ2) is 4.97. The quantitative estimate of drug-likeness (QED) is 0.747. The zero-order valence-electron chi connectivity index (χ0n) is 8.62. The molecule has 0 saturated carbocycles. The minimum Gasteiger partial charge on any atom is -0.311 e. The summed E-state index contributed by atoms with van der Waals surface area (Å²) in [5.74, 6) is 0. The topological polar surface area (TPSA) is 42.7 Å². The van der Waals surface area contributed by atoms with E-state index in [0.29, 0.717) is 6.04 Å². The van der Waals surface area contributed by atoms with Gasteiger partial charge in [0.25, 0.3) is 0 Å². The van der Waals surface area contributed by atoms with Crippen LogP contribution < -0.4 is 5.32 Å². The molecule has 1 N–H and O–H groups in total. The highest BCUT2D eigenvalue weighted by molar-refractivity contribution is 4.92. The summed E-state index contributed by atoms with van der Waals surface area (Å²) >= 11 is 0. The Hall–Kier alpha value is -0.900. The van der Waals surface area contributed by atoms with E-state index in [2.05, 4.69) is 36.4 Å². The lowest BCUT2D eigenvalue weighted by Gasteiger charge is -2.06. The summed E-state index contributed by atoms with van der Waals surface area (Å²) in [6.07, 6.45) is 3.10. The standard InChI is InChI=1S/C9H18N4/c1-4-8(3)13-7-9(11-12-13)6-10-5-2/h7-8,10H,4-6H2,1-3H3. The first-order chi connectivity index (χ1) is 6.27. The van der Waals surface area contributed by atoms with Crippen LogP contribution in [0, 0.1) is 0 Å². The van der Waals surface area contributed by atoms with Gasteiger partial charge in [-0.05, 0) is 19.9 Å². The van der Waals surface area contributed by atoms with Gasteiger partial charge in [0.15, 0.2) is 0 Å². The first-order valence-corrected chi connectivity index (χ1v) is 4.89. The Morgan fingerprint density at radius 1 is 1.54 bits per heavy atom. The Morgan fingerprint density at radius 2 is 2.31 bits per heavy atom. The summed E-state index contributed by atoms with van der Waals surface area (Å²) in [7, 11) is 0. The fourth-order valence-corrected chi connectivity index (χ4v) is 1.05. The van der Waals surface area contributed by atoms with Crippen molar-refractivity contribution in [2.75, 3.05) is 6.54 Å². The van der Waals surface area contributed by atoms with Gasteiger partial charge >= 0.3 is 0 Å². The lowest BCUT2D eigenvalue weighted by Crippen LogP contribution is -2.11. The molecule has 1 atom stereocenters. The molecule has 1 aromatic rings. The highest BCUT2D eigenvalue weighted by Crippen LogP contribution is 2.07. The molecule has 1 heterocycles. The molecule has 0 fully saturated rings. The van der Waals surface area contributed by atoms with Crippen molar-refractivity contribution >= 4 is 0 Å². The van der Waals surface area contributed by atoms with Crippen LogP contribution in [0.4, 0.5) is 0 Å². The molecule has 0 amide bonds. The summed E-state index contributed by atoms with van der Waals surface area (Å²) < 4.78 is 1.92. The fraction of sp³-hybridized carbons (Fsp3) is 0.778. The third kappa shape index (κ3) is 2.81. The van der Waals surface area contributed by atoms with E-state index >= 15 is 0 Å². The minimum atomic E-state index is 0.447. The van der Waals surface area contributed by atoms with Gasteiger partial charge in [-0.25, -0.2) is 4.68 Å². The molecule has 1 rings (SSSR count). The SMILES string of the molecule is CCNCc1cn(C(C)CC)nn1. The molecule has 0 saturated heterocycles. The molecular formula is C9H18N4. The van der Waals surface area contributed by atoms with Crippen LogP contribution in [0.5, 0.6) is 0 Å². The monoisotopic (exact) mass is 182 g/mol. The van der Waals surface area contributed by atoms with Crippen molar-refractivity contribution in [3.8, 4) is 0 Å². The van der Waals surface area contributed by atoms with Crippen molar-refractivity contribution < 1.29 is 0 Å². The van der Waals surface area contributed by atoms with Gasteiger partial charge in [0.05, 0.1) is 17.9 Å². The average Bonchev–Trinajstić information content (AvgIpc) is 2.62. The van der Waals surface area contributed by atoms with E-state index in [0.717, 1.165) is 25.2 Å². The predicted octanol–water partition coefficient (Wildman–Crippen LogP) is 1.36. The van der Waals surface area contributed by atoms with Crippen molar-refractivity contribution in [1.29, 1.82) is 0 Å². The molecule has 0 aliphatic carbocycles. The third-order valence-electron chi connectivity index (χ3n) is 2.16. The summed E-state index contributed by atoms with van der Waals surface area (Å²) in [6, 6.07) is 0.447. The molecular weight excluding hydrogens is 164 g/mol. The maximum atomic E-state index is 4.07. The average molecular weight is 182 g/mol. The summed E-state index contributed by atoms with van der Waals surface area (Å²) in [5.41, 5.74) is 1.02. The van der Waals surface area contributed by atoms with E-state index in [4.69, 9.17) is 0 Å². The van der Waals surface area contributed by atoms with Gasteiger partial charge in [0, 0.05) is 6.54 Å². The number of hydrogen-bond acceptors (Lipinski definition) is 3. The van der Waals surface area contributed by atoms with Gasteiger partial charge in [-0.1, -0.05) is 19.1 Å². The highest BCUT2D eigenvalue weighted by atomic mass is 15.4. The van der Waals surface area contributed by atoms with Crippen molar-refractivity contribution in [3.63, 3.8) is 0 Å². The molecule has 0 bridgehead atoms. The van der Waals surface area contributed by atoms with Gasteiger partial charge in [-0.3, -0.25) is 0 Å². The molecule has 0 aliphatic heterocycles. The molecule has 4 heteroatoms. The van der Waals surface area contributed by atoms with Crippen molar-refractivity contribution in [1.82, 2.24) is 20.3 Å². The van der Waals surface area contributed by atoms with E-state index in [-0.39, 0.29) is 0 Å². The van der Waals surface area contributed by atoms with E-state index in [9.17, 15) is 0 Å². The van der Waals surface area contributed by atoms with Crippen LogP contribution in [-0.2, 0) is 6.54 Å². The van der Waals surface area contributed by atoms with Crippen molar-refractivity contribution in [3.05, 3.63) is 11.9 Å². The van der Waals surface area contributed by atoms with Gasteiger partial charge in [0.1, 0.15) is 0 Å². The second-order valence-electron chi connectivity index (χ2n) is 3.23. The first-order valence-electron chi connectivity index (χ1n) is 4.89. The van der Waals surface area contributed by atoms with E-state index < -0.39 is 0 Å². The van der Waals surface area contributed by atoms with Crippen LogP contribution >= 0.6 is 0 Å². The van der Waals surface area contributed by atoms with Crippen LogP contribution in [0.25, 0.3) is 0 Å². The maximum absolute atomic E-state index is 4.07. The van der Waals surface area contributed by atoms with Crippen LogP contribution in [-0.4, -0.2) is 21.5 Å². The largest absolute Gasteiger partial charge is 0.311 e. The van der Waals surface area contributed by atoms with Crippen molar-refractivity contribution in [2.24, 2.45) is 0 Å². The fourth-order valence-electron chi connectivity index (χ4n) is 1.05. The molecule has 0 aromatic carbocycles. The zero-order valence-corrected chi connectivity index (χ0v) is 8.62. The minimum absolute atomic E-state index is 0.447. The molecule has 0 aliphatic rings. The van der Waals surface area contributed by atoms with E-state index in [1.54, 1.807) is 0 Å². The van der Waals surface area contributed by atoms with Gasteiger partial charge < -0.3 is 5.32 Å². The van der Waals surface area contributed by atoms with Gasteiger partial charge in [-0.2, -0.15) is 0 Å². The first kappa shape index (κ1) is 10.2. The van der Waals surface area contributed by atoms with Crippen LogP contribution in [0.1, 0.15) is 38.9 Å². The normalized spacial score (nSPS) is 13.2. The number of rotatable bonds is 5. The second-order valence-corrected chi connectivity index (χ2v) is 3.23. The lowest BCUT2D eigenvalue weighted by atomic mass is 10.3. The van der Waals surface area contributed by atoms with E-state index in [1.807, 2.05) is 10.9 Å². The Labute approximate surface area is 79.3 Å². The Balaban J connectivity index is 2.53. The van der Waals surface area contributed by atoms with Gasteiger partial charge in [0.2, 0.25) is 0 Å². The van der Waals surface area contributed by atoms with Crippen molar-refractivity contribution in [2.45, 2.75) is 39.8 Å². The van der Waals surface area contributed by atoms with Crippen LogP contribution in [0.3, 0.4) is 0 Å².